The van der Waals surface area contributed by atoms with Gasteiger partial charge in [-0.25, -0.2) is 4.98 Å². The highest BCUT2D eigenvalue weighted by Gasteiger charge is 2.48. The Morgan fingerprint density at radius 2 is 2.26 bits per heavy atom. The van der Waals surface area contributed by atoms with Gasteiger partial charge in [0.2, 0.25) is 5.91 Å². The Morgan fingerprint density at radius 1 is 1.47 bits per heavy atom. The molecule has 0 unspecified atom stereocenters. The molecule has 1 fully saturated rings. The number of anilines is 1. The summed E-state index contributed by atoms with van der Waals surface area (Å²) in [4.78, 5) is 18.3. The molecule has 5 heteroatoms. The maximum absolute atomic E-state index is 11.9. The van der Waals surface area contributed by atoms with Crippen molar-refractivity contribution >= 4 is 17.2 Å². The lowest BCUT2D eigenvalue weighted by Crippen LogP contribution is -2.36. The summed E-state index contributed by atoms with van der Waals surface area (Å²) in [7, 11) is 0. The largest absolute Gasteiger partial charge is 0.362 e. The van der Waals surface area contributed by atoms with Crippen LogP contribution in [0.1, 0.15) is 30.0 Å². The number of ether oxygens (including phenoxy) is 1. The molecule has 19 heavy (non-hydrogen) atoms. The fourth-order valence-electron chi connectivity index (χ4n) is 2.96. The minimum absolute atomic E-state index is 0.0432. The van der Waals surface area contributed by atoms with Crippen LogP contribution in [-0.2, 0) is 9.53 Å². The van der Waals surface area contributed by atoms with E-state index < -0.39 is 0 Å². The molecule has 98 valence electrons. The second-order valence-electron chi connectivity index (χ2n) is 5.32. The number of carbonyl (C=O) groups excluding carboxylic acids is 1. The van der Waals surface area contributed by atoms with Crippen LogP contribution in [0.2, 0.25) is 0 Å². The highest BCUT2D eigenvalue weighted by molar-refractivity contribution is 5.97. The number of nitrogens with zero attached hydrogens (tertiary/aromatic N) is 3. The Hall–Kier alpha value is -1.88. The van der Waals surface area contributed by atoms with Crippen LogP contribution in [0, 0.1) is 13.8 Å². The van der Waals surface area contributed by atoms with E-state index in [0.29, 0.717) is 6.54 Å². The summed E-state index contributed by atoms with van der Waals surface area (Å²) in [5.74, 6) is 0.0432. The molecule has 2 atom stereocenters. The lowest BCUT2D eigenvalue weighted by atomic mass is 10.0. The third-order valence-electron chi connectivity index (χ3n) is 4.18. The van der Waals surface area contributed by atoms with Crippen molar-refractivity contribution < 1.29 is 9.53 Å². The average molecular weight is 257 g/mol. The molecule has 5 nitrogen and oxygen atoms in total. The van der Waals surface area contributed by atoms with E-state index in [0.717, 1.165) is 28.3 Å². The van der Waals surface area contributed by atoms with Crippen molar-refractivity contribution in [3.63, 3.8) is 0 Å². The molecular weight excluding hydrogens is 242 g/mol. The molecule has 0 radical (unpaired) electrons. The van der Waals surface area contributed by atoms with Gasteiger partial charge in [0.25, 0.3) is 0 Å². The van der Waals surface area contributed by atoms with Crippen molar-refractivity contribution in [1.82, 2.24) is 9.38 Å². The fourth-order valence-corrected chi connectivity index (χ4v) is 2.96. The zero-order valence-electron chi connectivity index (χ0n) is 11.2. The second kappa shape index (κ2) is 3.36. The van der Waals surface area contributed by atoms with Gasteiger partial charge in [0.05, 0.1) is 17.9 Å². The first-order valence-corrected chi connectivity index (χ1v) is 6.49. The van der Waals surface area contributed by atoms with Crippen LogP contribution in [0.5, 0.6) is 0 Å². The second-order valence-corrected chi connectivity index (χ2v) is 5.32. The number of hydrogen-bond acceptors (Lipinski definition) is 3. The molecule has 2 aromatic rings. The summed E-state index contributed by atoms with van der Waals surface area (Å²) in [6.45, 7) is 6.27. The van der Waals surface area contributed by atoms with E-state index in [2.05, 4.69) is 11.1 Å². The van der Waals surface area contributed by atoms with Crippen LogP contribution in [0.4, 0.5) is 5.69 Å². The summed E-state index contributed by atoms with van der Waals surface area (Å²) < 4.78 is 7.69. The molecule has 0 bridgehead atoms. The number of aromatic nitrogens is 2. The summed E-state index contributed by atoms with van der Waals surface area (Å²) in [6, 6.07) is 2.05. The van der Waals surface area contributed by atoms with Gasteiger partial charge in [-0.05, 0) is 19.9 Å². The maximum atomic E-state index is 11.9. The predicted molar refractivity (Wildman–Crippen MR) is 70.3 cm³/mol. The molecule has 1 amide bonds. The molecule has 0 spiro atoms. The van der Waals surface area contributed by atoms with Crippen molar-refractivity contribution in [1.29, 1.82) is 0 Å². The van der Waals surface area contributed by atoms with E-state index in [-0.39, 0.29) is 18.1 Å². The quantitative estimate of drug-likeness (QED) is 0.676. The van der Waals surface area contributed by atoms with Crippen LogP contribution >= 0.6 is 0 Å². The Balaban J connectivity index is 2.06. The average Bonchev–Trinajstić information content (AvgIpc) is 3.10. The summed E-state index contributed by atoms with van der Waals surface area (Å²) in [6.07, 6.45) is 2.33. The van der Waals surface area contributed by atoms with E-state index in [1.807, 2.05) is 24.4 Å². The molecule has 2 aliphatic heterocycles. The number of epoxide rings is 1. The van der Waals surface area contributed by atoms with Gasteiger partial charge >= 0.3 is 0 Å². The van der Waals surface area contributed by atoms with E-state index in [1.165, 1.54) is 0 Å². The van der Waals surface area contributed by atoms with Gasteiger partial charge in [-0.15, -0.1) is 0 Å². The SMILES string of the molecule is CC(=O)N1C[C@H]2O[C@H]2c2ccn3c(C)c(C)nc3c21. The Bertz CT molecular complexity index is 719. The number of hydrogen-bond donors (Lipinski definition) is 0. The first-order chi connectivity index (χ1) is 9.08. The molecule has 0 N–H and O–H groups in total. The Morgan fingerprint density at radius 3 is 3.00 bits per heavy atom. The van der Waals surface area contributed by atoms with Gasteiger partial charge < -0.3 is 14.0 Å². The van der Waals surface area contributed by atoms with Crippen LogP contribution in [-0.4, -0.2) is 27.9 Å². The Kier molecular flexibility index (Phi) is 1.94. The number of amides is 1. The molecule has 2 aromatic heterocycles. The van der Waals surface area contributed by atoms with E-state index in [1.54, 1.807) is 11.8 Å². The standard InChI is InChI=1S/C14H15N3O2/c1-7-8(2)16-5-4-10-12(14(16)15-7)17(9(3)18)6-11-13(10)19-11/h4-5,11,13H,6H2,1-3H3/t11-,13+/m1/s1. The monoisotopic (exact) mass is 257 g/mol. The van der Waals surface area contributed by atoms with Crippen molar-refractivity contribution in [3.05, 3.63) is 29.2 Å². The molecular formula is C14H15N3O2. The number of carbonyl (C=O) groups is 1. The van der Waals surface area contributed by atoms with Crippen LogP contribution < -0.4 is 4.90 Å². The number of rotatable bonds is 0. The van der Waals surface area contributed by atoms with E-state index >= 15 is 0 Å². The normalized spacial score (nSPS) is 24.3. The topological polar surface area (TPSA) is 50.1 Å². The van der Waals surface area contributed by atoms with Gasteiger partial charge in [0.1, 0.15) is 12.2 Å². The third-order valence-corrected chi connectivity index (χ3v) is 4.18. The lowest BCUT2D eigenvalue weighted by molar-refractivity contribution is -0.116. The molecule has 0 aromatic carbocycles. The van der Waals surface area contributed by atoms with Crippen LogP contribution in [0.15, 0.2) is 12.3 Å². The van der Waals surface area contributed by atoms with Crippen LogP contribution in [0.25, 0.3) is 5.65 Å². The Labute approximate surface area is 110 Å². The molecule has 4 heterocycles. The number of aryl methyl sites for hydroxylation is 2. The highest BCUT2D eigenvalue weighted by atomic mass is 16.6. The molecule has 4 rings (SSSR count). The summed E-state index contributed by atoms with van der Waals surface area (Å²) in [5.41, 5.74) is 4.97. The van der Waals surface area contributed by atoms with Gasteiger partial charge in [-0.3, -0.25) is 4.79 Å². The maximum Gasteiger partial charge on any atom is 0.224 e. The van der Waals surface area contributed by atoms with Crippen molar-refractivity contribution in [2.45, 2.75) is 33.0 Å². The third kappa shape index (κ3) is 1.33. The summed E-state index contributed by atoms with van der Waals surface area (Å²) >= 11 is 0. The van der Waals surface area contributed by atoms with Gasteiger partial charge in [0, 0.05) is 24.4 Å². The van der Waals surface area contributed by atoms with Crippen molar-refractivity contribution in [2.24, 2.45) is 0 Å². The fraction of sp³-hybridized carbons (Fsp3) is 0.429. The van der Waals surface area contributed by atoms with Crippen LogP contribution in [0.3, 0.4) is 0 Å². The minimum Gasteiger partial charge on any atom is -0.362 e. The number of fused-ring (bicyclic) bond motifs is 5. The zero-order chi connectivity index (χ0) is 13.3. The summed E-state index contributed by atoms with van der Waals surface area (Å²) in [5, 5.41) is 0. The first kappa shape index (κ1) is 11.0. The lowest BCUT2D eigenvalue weighted by Gasteiger charge is -2.26. The van der Waals surface area contributed by atoms with Gasteiger partial charge in [-0.1, -0.05) is 0 Å². The molecule has 1 saturated heterocycles. The van der Waals surface area contributed by atoms with E-state index in [9.17, 15) is 4.79 Å². The van der Waals surface area contributed by atoms with Crippen molar-refractivity contribution in [2.75, 3.05) is 11.4 Å². The number of imidazole rings is 1. The smallest absolute Gasteiger partial charge is 0.224 e. The van der Waals surface area contributed by atoms with Gasteiger partial charge in [-0.2, -0.15) is 0 Å². The molecule has 2 aliphatic rings. The minimum atomic E-state index is 0.0432. The molecule has 0 aliphatic carbocycles. The van der Waals surface area contributed by atoms with Gasteiger partial charge in [0.15, 0.2) is 5.65 Å². The van der Waals surface area contributed by atoms with Crippen molar-refractivity contribution in [3.8, 4) is 0 Å². The highest BCUT2D eigenvalue weighted by Crippen LogP contribution is 2.49. The van der Waals surface area contributed by atoms with E-state index in [4.69, 9.17) is 4.74 Å². The zero-order valence-corrected chi connectivity index (χ0v) is 11.2. The predicted octanol–water partition coefficient (Wildman–Crippen LogP) is 1.76. The first-order valence-electron chi connectivity index (χ1n) is 6.49. The number of pyridine rings is 1. The molecule has 0 saturated carbocycles.